The van der Waals surface area contributed by atoms with Gasteiger partial charge in [-0.15, -0.1) is 0 Å². The third kappa shape index (κ3) is 3.48. The van der Waals surface area contributed by atoms with Crippen LogP contribution in [-0.2, 0) is 6.18 Å². The molecule has 18 heavy (non-hydrogen) atoms. The summed E-state index contributed by atoms with van der Waals surface area (Å²) in [6.45, 7) is 5.51. The van der Waals surface area contributed by atoms with Gasteiger partial charge >= 0.3 is 6.18 Å². The van der Waals surface area contributed by atoms with Crippen molar-refractivity contribution in [3.8, 4) is 0 Å². The summed E-state index contributed by atoms with van der Waals surface area (Å²) in [4.78, 5) is 0. The second-order valence-corrected chi connectivity index (χ2v) is 5.60. The highest BCUT2D eigenvalue weighted by atomic mass is 79.9. The van der Waals surface area contributed by atoms with E-state index < -0.39 is 17.8 Å². The van der Waals surface area contributed by atoms with Crippen molar-refractivity contribution < 1.29 is 18.3 Å². The summed E-state index contributed by atoms with van der Waals surface area (Å²) in [5.74, 6) is -0.0558. The summed E-state index contributed by atoms with van der Waals surface area (Å²) in [6.07, 6.45) is -4.96. The highest BCUT2D eigenvalue weighted by Crippen LogP contribution is 2.37. The van der Waals surface area contributed by atoms with Crippen LogP contribution in [0.2, 0.25) is 0 Å². The maximum atomic E-state index is 12.5. The molecule has 0 saturated carbocycles. The van der Waals surface area contributed by atoms with Gasteiger partial charge in [0.15, 0.2) is 0 Å². The maximum Gasteiger partial charge on any atom is 0.416 e. The Bertz CT molecular complexity index is 405. The summed E-state index contributed by atoms with van der Waals surface area (Å²) in [7, 11) is 0. The number of hydrogen-bond acceptors (Lipinski definition) is 1. The molecular weight excluding hydrogens is 309 g/mol. The van der Waals surface area contributed by atoms with Gasteiger partial charge in [-0.05, 0) is 30.5 Å². The lowest BCUT2D eigenvalue weighted by molar-refractivity contribution is -0.137. The second-order valence-electron chi connectivity index (χ2n) is 4.74. The standard InChI is InChI=1S/C13H16BrF3O/c1-7(2)12(8(3)18)10-5-4-9(6-11(10)14)13(15,16)17/h4-8,12,18H,1-3H3. The molecule has 0 aliphatic heterocycles. The van der Waals surface area contributed by atoms with Crippen molar-refractivity contribution >= 4 is 15.9 Å². The molecule has 2 unspecified atom stereocenters. The van der Waals surface area contributed by atoms with Crippen LogP contribution in [-0.4, -0.2) is 11.2 Å². The van der Waals surface area contributed by atoms with Gasteiger partial charge in [-0.2, -0.15) is 13.2 Å². The lowest BCUT2D eigenvalue weighted by Gasteiger charge is -2.25. The molecule has 0 heterocycles. The summed E-state index contributed by atoms with van der Waals surface area (Å²) in [5, 5.41) is 9.75. The van der Waals surface area contributed by atoms with E-state index in [2.05, 4.69) is 15.9 Å². The molecule has 0 bridgehead atoms. The van der Waals surface area contributed by atoms with Crippen LogP contribution in [0, 0.1) is 5.92 Å². The van der Waals surface area contributed by atoms with Gasteiger partial charge in [0.25, 0.3) is 0 Å². The molecule has 0 amide bonds. The number of benzene rings is 1. The minimum Gasteiger partial charge on any atom is -0.393 e. The molecule has 0 spiro atoms. The van der Waals surface area contributed by atoms with Gasteiger partial charge in [-0.3, -0.25) is 0 Å². The highest BCUT2D eigenvalue weighted by Gasteiger charge is 2.32. The van der Waals surface area contributed by atoms with Gasteiger partial charge in [0, 0.05) is 10.4 Å². The molecule has 0 saturated heterocycles. The Kier molecular flexibility index (Phi) is 4.84. The van der Waals surface area contributed by atoms with Crippen molar-refractivity contribution in [1.29, 1.82) is 0 Å². The second kappa shape index (κ2) is 5.61. The Balaban J connectivity index is 3.20. The summed E-state index contributed by atoms with van der Waals surface area (Å²) in [6, 6.07) is 3.55. The molecule has 0 fully saturated rings. The molecule has 0 aromatic heterocycles. The normalized spacial score (nSPS) is 15.8. The molecule has 1 rings (SSSR count). The molecule has 1 aromatic carbocycles. The smallest absolute Gasteiger partial charge is 0.393 e. The number of alkyl halides is 3. The predicted octanol–water partition coefficient (Wildman–Crippen LogP) is 4.59. The molecule has 102 valence electrons. The fourth-order valence-electron chi connectivity index (χ4n) is 2.15. The Morgan fingerprint density at radius 1 is 1.17 bits per heavy atom. The molecule has 1 nitrogen and oxygen atoms in total. The van der Waals surface area contributed by atoms with E-state index >= 15 is 0 Å². The SMILES string of the molecule is CC(C)C(c1ccc(C(F)(F)F)cc1Br)C(C)O. The average Bonchev–Trinajstić information content (AvgIpc) is 2.18. The monoisotopic (exact) mass is 324 g/mol. The average molecular weight is 325 g/mol. The molecule has 1 aromatic rings. The van der Waals surface area contributed by atoms with E-state index in [1.807, 2.05) is 13.8 Å². The van der Waals surface area contributed by atoms with Crippen LogP contribution in [0.25, 0.3) is 0 Å². The minimum atomic E-state index is -4.35. The first-order valence-electron chi connectivity index (χ1n) is 5.69. The fourth-order valence-corrected chi connectivity index (χ4v) is 2.79. The van der Waals surface area contributed by atoms with Crippen LogP contribution in [0.1, 0.15) is 37.8 Å². The first kappa shape index (κ1) is 15.5. The van der Waals surface area contributed by atoms with Crippen molar-refractivity contribution in [2.75, 3.05) is 0 Å². The van der Waals surface area contributed by atoms with Crippen LogP contribution in [0.5, 0.6) is 0 Å². The van der Waals surface area contributed by atoms with Crippen LogP contribution in [0.3, 0.4) is 0 Å². The van der Waals surface area contributed by atoms with E-state index in [-0.39, 0.29) is 11.8 Å². The van der Waals surface area contributed by atoms with Crippen molar-refractivity contribution in [3.63, 3.8) is 0 Å². The minimum absolute atomic E-state index is 0.137. The maximum absolute atomic E-state index is 12.5. The number of hydrogen-bond donors (Lipinski definition) is 1. The molecule has 2 atom stereocenters. The lowest BCUT2D eigenvalue weighted by Crippen LogP contribution is -2.20. The fraction of sp³-hybridized carbons (Fsp3) is 0.538. The largest absolute Gasteiger partial charge is 0.416 e. The topological polar surface area (TPSA) is 20.2 Å². The Morgan fingerprint density at radius 2 is 1.72 bits per heavy atom. The van der Waals surface area contributed by atoms with E-state index in [9.17, 15) is 18.3 Å². The van der Waals surface area contributed by atoms with E-state index in [1.165, 1.54) is 6.07 Å². The van der Waals surface area contributed by atoms with Crippen LogP contribution in [0.15, 0.2) is 22.7 Å². The van der Waals surface area contributed by atoms with Gasteiger partial charge in [0.1, 0.15) is 0 Å². The molecular formula is C13H16BrF3O. The summed E-state index contributed by atoms with van der Waals surface area (Å²) < 4.78 is 38.0. The van der Waals surface area contributed by atoms with Gasteiger partial charge in [-0.1, -0.05) is 35.8 Å². The van der Waals surface area contributed by atoms with Gasteiger partial charge in [0.2, 0.25) is 0 Å². The quantitative estimate of drug-likeness (QED) is 0.862. The van der Waals surface area contributed by atoms with E-state index in [1.54, 1.807) is 6.92 Å². The lowest BCUT2D eigenvalue weighted by atomic mass is 9.84. The number of halogens is 4. The molecule has 1 N–H and O–H groups in total. The van der Waals surface area contributed by atoms with E-state index in [4.69, 9.17) is 0 Å². The Morgan fingerprint density at radius 3 is 2.06 bits per heavy atom. The van der Waals surface area contributed by atoms with Crippen molar-refractivity contribution in [3.05, 3.63) is 33.8 Å². The predicted molar refractivity (Wildman–Crippen MR) is 68.4 cm³/mol. The Hall–Kier alpha value is -0.550. The number of aliphatic hydroxyl groups excluding tert-OH is 1. The first-order chi connectivity index (χ1) is 8.14. The van der Waals surface area contributed by atoms with Gasteiger partial charge in [-0.25, -0.2) is 0 Å². The highest BCUT2D eigenvalue weighted by molar-refractivity contribution is 9.10. The zero-order chi connectivity index (χ0) is 14.1. The van der Waals surface area contributed by atoms with Gasteiger partial charge in [0.05, 0.1) is 11.7 Å². The zero-order valence-corrected chi connectivity index (χ0v) is 12.0. The third-order valence-corrected chi connectivity index (χ3v) is 3.61. The number of aliphatic hydroxyl groups is 1. The summed E-state index contributed by atoms with van der Waals surface area (Å²) in [5.41, 5.74) is 0.0132. The first-order valence-corrected chi connectivity index (χ1v) is 6.48. The third-order valence-electron chi connectivity index (χ3n) is 2.92. The summed E-state index contributed by atoms with van der Waals surface area (Å²) >= 11 is 3.17. The van der Waals surface area contributed by atoms with Crippen molar-refractivity contribution in [2.45, 2.75) is 39.0 Å². The number of rotatable bonds is 3. The molecule has 5 heteroatoms. The van der Waals surface area contributed by atoms with E-state index in [0.29, 0.717) is 10.0 Å². The van der Waals surface area contributed by atoms with Gasteiger partial charge < -0.3 is 5.11 Å². The van der Waals surface area contributed by atoms with E-state index in [0.717, 1.165) is 12.1 Å². The van der Waals surface area contributed by atoms with Crippen LogP contribution >= 0.6 is 15.9 Å². The molecule has 0 radical (unpaired) electrons. The molecule has 0 aliphatic rings. The van der Waals surface area contributed by atoms with Crippen LogP contribution in [0.4, 0.5) is 13.2 Å². The van der Waals surface area contributed by atoms with Crippen LogP contribution < -0.4 is 0 Å². The van der Waals surface area contributed by atoms with Crippen molar-refractivity contribution in [1.82, 2.24) is 0 Å². The zero-order valence-electron chi connectivity index (χ0n) is 10.4. The molecule has 0 aliphatic carbocycles. The Labute approximate surface area is 113 Å². The van der Waals surface area contributed by atoms with Crippen molar-refractivity contribution in [2.24, 2.45) is 5.92 Å².